The fourth-order valence-electron chi connectivity index (χ4n) is 5.74. The summed E-state index contributed by atoms with van der Waals surface area (Å²) in [4.78, 5) is 21.3. The minimum absolute atomic E-state index is 0.0603. The largest absolute Gasteiger partial charge is 0.408 e. The van der Waals surface area contributed by atoms with E-state index in [1.54, 1.807) is 0 Å². The highest BCUT2D eigenvalue weighted by Gasteiger charge is 2.52. The van der Waals surface area contributed by atoms with E-state index >= 15 is 0 Å². The molecule has 1 saturated carbocycles. The van der Waals surface area contributed by atoms with Crippen LogP contribution in [0, 0.1) is 11.3 Å². The van der Waals surface area contributed by atoms with Gasteiger partial charge >= 0.3 is 12.2 Å². The van der Waals surface area contributed by atoms with Crippen LogP contribution in [0.2, 0.25) is 0 Å². The number of piperidine rings is 1. The number of halogens is 3. The molecule has 36 heavy (non-hydrogen) atoms. The summed E-state index contributed by atoms with van der Waals surface area (Å²) in [7, 11) is 0. The van der Waals surface area contributed by atoms with Crippen molar-refractivity contribution in [1.82, 2.24) is 25.0 Å². The number of aromatic nitrogens is 3. The normalized spacial score (nSPS) is 23.5. The molecule has 4 heterocycles. The number of rotatable bonds is 5. The molecule has 1 spiro atoms. The summed E-state index contributed by atoms with van der Waals surface area (Å²) in [6.07, 6.45) is 1.04. The quantitative estimate of drug-likeness (QED) is 0.631. The first kappa shape index (κ1) is 24.9. The number of amides is 2. The Morgan fingerprint density at radius 1 is 1.33 bits per heavy atom. The molecule has 5 rings (SSSR count). The number of carbonyl (C=O) groups excluding carboxylic acids is 1. The third kappa shape index (κ3) is 4.65. The number of hydrogen-bond acceptors (Lipinski definition) is 5. The van der Waals surface area contributed by atoms with Crippen molar-refractivity contribution in [3.63, 3.8) is 0 Å². The lowest BCUT2D eigenvalue weighted by Crippen LogP contribution is -2.53. The molecule has 196 valence electrons. The van der Waals surface area contributed by atoms with E-state index in [4.69, 9.17) is 5.73 Å². The summed E-state index contributed by atoms with van der Waals surface area (Å²) in [5, 5.41) is 7.66. The van der Waals surface area contributed by atoms with E-state index in [9.17, 15) is 18.0 Å². The van der Waals surface area contributed by atoms with E-state index in [-0.39, 0.29) is 22.7 Å². The molecule has 11 heteroatoms. The maximum Gasteiger partial charge on any atom is 0.408 e. The minimum Gasteiger partial charge on any atom is -0.353 e. The van der Waals surface area contributed by atoms with E-state index in [0.717, 1.165) is 30.4 Å². The zero-order valence-corrected chi connectivity index (χ0v) is 21.0. The Bertz CT molecular complexity index is 1190. The maximum atomic E-state index is 13.3. The van der Waals surface area contributed by atoms with Gasteiger partial charge < -0.3 is 20.9 Å². The topological polar surface area (TPSA) is 92.3 Å². The second-order valence-corrected chi connectivity index (χ2v) is 11.7. The number of hydrogen-bond donors (Lipinski definition) is 2. The lowest BCUT2D eigenvalue weighted by atomic mass is 9.84. The zero-order chi connectivity index (χ0) is 26.0. The molecule has 2 atom stereocenters. The Morgan fingerprint density at radius 2 is 2.03 bits per heavy atom. The number of nitrogens with two attached hydrogens (primary N) is 1. The molecule has 0 bridgehead atoms. The second-order valence-electron chi connectivity index (χ2n) is 11.7. The number of nitrogens with zero attached hydrogens (tertiary/aromatic N) is 5. The second kappa shape index (κ2) is 8.36. The fourth-order valence-corrected chi connectivity index (χ4v) is 5.74. The summed E-state index contributed by atoms with van der Waals surface area (Å²) in [6.45, 7) is 11.2. The Kier molecular flexibility index (Phi) is 5.77. The molecule has 3 N–H and O–H groups in total. The molecule has 3 fully saturated rings. The zero-order valence-electron chi connectivity index (χ0n) is 21.0. The third-order valence-corrected chi connectivity index (χ3v) is 7.68. The Hall–Kier alpha value is -2.82. The van der Waals surface area contributed by atoms with Crippen LogP contribution < -0.4 is 16.0 Å². The van der Waals surface area contributed by atoms with Crippen LogP contribution >= 0.6 is 0 Å². The van der Waals surface area contributed by atoms with Gasteiger partial charge in [-0.3, -0.25) is 9.67 Å². The molecule has 2 unspecified atom stereocenters. The summed E-state index contributed by atoms with van der Waals surface area (Å²) >= 11 is 0. The average Bonchev–Trinajstić information content (AvgIpc) is 3.42. The van der Waals surface area contributed by atoms with Crippen LogP contribution in [-0.4, -0.2) is 57.0 Å². The van der Waals surface area contributed by atoms with E-state index < -0.39 is 18.8 Å². The van der Waals surface area contributed by atoms with Crippen LogP contribution in [0.3, 0.4) is 0 Å². The summed E-state index contributed by atoms with van der Waals surface area (Å²) < 4.78 is 40.9. The monoisotopic (exact) mass is 505 g/mol. The summed E-state index contributed by atoms with van der Waals surface area (Å²) in [5.41, 5.74) is 7.27. The first-order chi connectivity index (χ1) is 16.8. The number of likely N-dealkylation sites (tertiary alicyclic amines) is 1. The minimum atomic E-state index is -4.43. The van der Waals surface area contributed by atoms with E-state index in [1.165, 1.54) is 12.3 Å². The molecule has 0 aromatic carbocycles. The number of carbonyl (C=O) groups is 1. The van der Waals surface area contributed by atoms with Gasteiger partial charge in [0.1, 0.15) is 6.54 Å². The predicted molar refractivity (Wildman–Crippen MR) is 131 cm³/mol. The van der Waals surface area contributed by atoms with Crippen LogP contribution in [0.5, 0.6) is 0 Å². The van der Waals surface area contributed by atoms with Crippen molar-refractivity contribution in [3.05, 3.63) is 30.2 Å². The van der Waals surface area contributed by atoms with Gasteiger partial charge in [0.2, 0.25) is 0 Å². The average molecular weight is 506 g/mol. The number of pyridine rings is 1. The molecule has 0 radical (unpaired) electrons. The highest BCUT2D eigenvalue weighted by Crippen LogP contribution is 2.50. The highest BCUT2D eigenvalue weighted by molar-refractivity contribution is 5.91. The number of urea groups is 1. The van der Waals surface area contributed by atoms with Gasteiger partial charge in [-0.2, -0.15) is 18.3 Å². The van der Waals surface area contributed by atoms with Crippen molar-refractivity contribution in [2.45, 2.75) is 70.8 Å². The number of alkyl halides is 3. The van der Waals surface area contributed by atoms with Crippen LogP contribution in [-0.2, 0) is 6.54 Å². The molecular weight excluding hydrogens is 471 g/mol. The maximum absolute atomic E-state index is 13.3. The van der Waals surface area contributed by atoms with Gasteiger partial charge in [0.15, 0.2) is 5.82 Å². The van der Waals surface area contributed by atoms with Crippen LogP contribution in [0.1, 0.15) is 58.2 Å². The van der Waals surface area contributed by atoms with Crippen molar-refractivity contribution in [3.8, 4) is 0 Å². The van der Waals surface area contributed by atoms with Gasteiger partial charge in [-0.05, 0) is 43.1 Å². The molecule has 8 nitrogen and oxygen atoms in total. The van der Waals surface area contributed by atoms with Crippen molar-refractivity contribution in [2.24, 2.45) is 17.1 Å². The van der Waals surface area contributed by atoms with Crippen molar-refractivity contribution < 1.29 is 18.0 Å². The summed E-state index contributed by atoms with van der Waals surface area (Å²) in [6, 6.07) is 0.415. The first-order valence-electron chi connectivity index (χ1n) is 12.5. The summed E-state index contributed by atoms with van der Waals surface area (Å²) in [5.74, 6) is 1.08. The van der Waals surface area contributed by atoms with Gasteiger partial charge in [0, 0.05) is 37.1 Å². The van der Waals surface area contributed by atoms with Gasteiger partial charge in [-0.15, -0.1) is 0 Å². The Morgan fingerprint density at radius 3 is 2.64 bits per heavy atom. The van der Waals surface area contributed by atoms with Crippen molar-refractivity contribution in [2.75, 3.05) is 24.5 Å². The predicted octanol–water partition coefficient (Wildman–Crippen LogP) is 4.33. The van der Waals surface area contributed by atoms with Crippen molar-refractivity contribution >= 4 is 22.8 Å². The molecule has 3 aliphatic rings. The standard InChI is InChI=1S/C25H34F3N7O/c1-15-5-8-34(24(10-15)6-7-24)22(36)31-16(2)20(29)18-9-19-17(11-30-18)21(33-12-23(3,4)13-33)32-35(19)14-25(26,27)28/h9,11,15,20H,2,5-8,10,12-14,29H2,1,3-4H3,(H,31,36). The Labute approximate surface area is 208 Å². The first-order valence-corrected chi connectivity index (χ1v) is 12.5. The van der Waals surface area contributed by atoms with Crippen molar-refractivity contribution in [1.29, 1.82) is 0 Å². The molecule has 1 aliphatic carbocycles. The van der Waals surface area contributed by atoms with Gasteiger partial charge in [0.05, 0.1) is 22.6 Å². The van der Waals surface area contributed by atoms with Crippen LogP contribution in [0.4, 0.5) is 23.8 Å². The smallest absolute Gasteiger partial charge is 0.353 e. The number of nitrogens with one attached hydrogen (secondary N) is 1. The van der Waals surface area contributed by atoms with E-state index in [1.807, 2.05) is 9.80 Å². The number of anilines is 1. The lowest BCUT2D eigenvalue weighted by molar-refractivity contribution is -0.141. The highest BCUT2D eigenvalue weighted by atomic mass is 19.4. The van der Waals surface area contributed by atoms with E-state index in [0.29, 0.717) is 48.0 Å². The van der Waals surface area contributed by atoms with E-state index in [2.05, 4.69) is 42.7 Å². The third-order valence-electron chi connectivity index (χ3n) is 7.68. The molecule has 2 aromatic heterocycles. The van der Waals surface area contributed by atoms with Crippen LogP contribution in [0.25, 0.3) is 10.9 Å². The SMILES string of the molecule is C=C(NC(=O)N1CCC(C)CC12CC2)C(N)c1cc2c(cn1)c(N1CC(C)(C)C1)nn2CC(F)(F)F. The van der Waals surface area contributed by atoms with Gasteiger partial charge in [-0.1, -0.05) is 27.4 Å². The van der Waals surface area contributed by atoms with Crippen LogP contribution in [0.15, 0.2) is 24.5 Å². The Balaban J connectivity index is 1.37. The fraction of sp³-hybridized carbons (Fsp3) is 0.640. The van der Waals surface area contributed by atoms with Gasteiger partial charge in [0.25, 0.3) is 0 Å². The van der Waals surface area contributed by atoms with Gasteiger partial charge in [-0.25, -0.2) is 4.79 Å². The number of fused-ring (bicyclic) bond motifs is 1. The molecule has 2 amide bonds. The molecular formula is C25H34F3N7O. The lowest BCUT2D eigenvalue weighted by Gasteiger charge is -2.46. The molecule has 2 aromatic rings. The molecule has 2 saturated heterocycles. The molecule has 2 aliphatic heterocycles.